The van der Waals surface area contributed by atoms with E-state index in [0.717, 1.165) is 5.69 Å². The van der Waals surface area contributed by atoms with Crippen LogP contribution >= 0.6 is 0 Å². The van der Waals surface area contributed by atoms with E-state index in [1.54, 1.807) is 18.2 Å². The van der Waals surface area contributed by atoms with Gasteiger partial charge in [-0.3, -0.25) is 14.8 Å². The molecule has 0 aromatic carbocycles. The number of carbonyl (C=O) groups is 1. The number of alkyl halides is 2. The number of hydrogen-bond donors (Lipinski definition) is 1. The molecular formula is C16H24F2N4O2. The smallest absolute Gasteiger partial charge is 0.262 e. The molecule has 1 amide bonds. The summed E-state index contributed by atoms with van der Waals surface area (Å²) < 4.78 is 32.7. The van der Waals surface area contributed by atoms with Gasteiger partial charge in [-0.1, -0.05) is 0 Å². The lowest BCUT2D eigenvalue weighted by Gasteiger charge is -2.39. The summed E-state index contributed by atoms with van der Waals surface area (Å²) in [5.74, 6) is -2.69. The first kappa shape index (κ1) is 17.3. The number of rotatable bonds is 4. The van der Waals surface area contributed by atoms with E-state index < -0.39 is 5.92 Å². The number of H-pyrrole nitrogens is 1. The molecule has 1 aromatic rings. The van der Waals surface area contributed by atoms with Crippen molar-refractivity contribution in [2.75, 3.05) is 33.4 Å². The van der Waals surface area contributed by atoms with Crippen molar-refractivity contribution in [3.05, 3.63) is 17.5 Å². The Morgan fingerprint density at radius 1 is 1.46 bits per heavy atom. The average molecular weight is 342 g/mol. The maximum Gasteiger partial charge on any atom is 0.262 e. The molecule has 0 aliphatic carbocycles. The van der Waals surface area contributed by atoms with Crippen LogP contribution in [0.25, 0.3) is 0 Å². The fourth-order valence-electron chi connectivity index (χ4n) is 3.83. The summed E-state index contributed by atoms with van der Waals surface area (Å²) >= 11 is 0. The molecular weight excluding hydrogens is 318 g/mol. The average Bonchev–Trinajstić information content (AvgIpc) is 3.10. The predicted octanol–water partition coefficient (Wildman–Crippen LogP) is 1.68. The van der Waals surface area contributed by atoms with Crippen molar-refractivity contribution in [1.29, 1.82) is 0 Å². The molecule has 0 unspecified atom stereocenters. The second-order valence-electron chi connectivity index (χ2n) is 6.77. The van der Waals surface area contributed by atoms with E-state index in [9.17, 15) is 13.6 Å². The second kappa shape index (κ2) is 6.76. The number of carbonyl (C=O) groups excluding carboxylic acids is 1. The van der Waals surface area contributed by atoms with Crippen LogP contribution in [0.2, 0.25) is 0 Å². The summed E-state index contributed by atoms with van der Waals surface area (Å²) in [5.41, 5.74) is 1.33. The first-order chi connectivity index (χ1) is 11.4. The summed E-state index contributed by atoms with van der Waals surface area (Å²) in [6.45, 7) is 3.09. The van der Waals surface area contributed by atoms with Gasteiger partial charge in [0.25, 0.3) is 11.8 Å². The number of ether oxygens (including phenoxy) is 1. The van der Waals surface area contributed by atoms with E-state index >= 15 is 0 Å². The van der Waals surface area contributed by atoms with Crippen LogP contribution in [0.1, 0.15) is 35.3 Å². The topological polar surface area (TPSA) is 61.5 Å². The maximum absolute atomic E-state index is 13.8. The van der Waals surface area contributed by atoms with Crippen LogP contribution in [0.15, 0.2) is 6.20 Å². The third-order valence-electron chi connectivity index (χ3n) is 5.06. The quantitative estimate of drug-likeness (QED) is 0.904. The molecule has 2 fully saturated rings. The number of nitrogens with zero attached hydrogens (tertiary/aromatic N) is 3. The zero-order valence-corrected chi connectivity index (χ0v) is 14.1. The molecule has 3 heterocycles. The highest BCUT2D eigenvalue weighted by molar-refractivity contribution is 5.95. The number of amides is 1. The number of likely N-dealkylation sites (tertiary alicyclic amines) is 2. The summed E-state index contributed by atoms with van der Waals surface area (Å²) in [5, 5.41) is 6.65. The molecule has 2 saturated heterocycles. The molecule has 3 rings (SSSR count). The molecule has 2 aliphatic rings. The zero-order valence-electron chi connectivity index (χ0n) is 14.1. The summed E-state index contributed by atoms with van der Waals surface area (Å²) in [4.78, 5) is 16.2. The van der Waals surface area contributed by atoms with Crippen molar-refractivity contribution >= 4 is 5.91 Å². The van der Waals surface area contributed by atoms with Crippen molar-refractivity contribution in [1.82, 2.24) is 20.0 Å². The Morgan fingerprint density at radius 3 is 2.75 bits per heavy atom. The van der Waals surface area contributed by atoms with Crippen LogP contribution in [-0.2, 0) is 4.74 Å². The monoisotopic (exact) mass is 342 g/mol. The minimum absolute atomic E-state index is 0.0418. The fourth-order valence-corrected chi connectivity index (χ4v) is 3.83. The first-order valence-corrected chi connectivity index (χ1v) is 8.33. The van der Waals surface area contributed by atoms with Crippen LogP contribution in [0.5, 0.6) is 0 Å². The van der Waals surface area contributed by atoms with E-state index in [1.807, 2.05) is 11.8 Å². The number of aromatic amines is 1. The SMILES string of the molecule is COC[C@@H]1CC(F)(F)CN1C1CCN(C(=O)c2cn[nH]c2C)CC1. The number of aryl methyl sites for hydroxylation is 1. The molecule has 8 heteroatoms. The number of nitrogens with one attached hydrogen (secondary N) is 1. The minimum atomic E-state index is -2.65. The summed E-state index contributed by atoms with van der Waals surface area (Å²) in [7, 11) is 1.54. The van der Waals surface area contributed by atoms with Crippen molar-refractivity contribution < 1.29 is 18.3 Å². The molecule has 1 N–H and O–H groups in total. The van der Waals surface area contributed by atoms with Crippen LogP contribution in [-0.4, -0.2) is 77.3 Å². The van der Waals surface area contributed by atoms with Gasteiger partial charge in [0.05, 0.1) is 24.9 Å². The Balaban J connectivity index is 1.60. The highest BCUT2D eigenvalue weighted by atomic mass is 19.3. The Hall–Kier alpha value is -1.54. The molecule has 134 valence electrons. The summed E-state index contributed by atoms with van der Waals surface area (Å²) in [6, 6.07) is -0.165. The standard InChI is InChI=1S/C16H24F2N4O2/c1-11-14(8-19-20-11)15(23)21-5-3-12(4-6-21)22-10-16(17,18)7-13(22)9-24-2/h8,12-13H,3-7,9-10H2,1-2H3,(H,19,20)/t13-/m0/s1. The van der Waals surface area contributed by atoms with Gasteiger partial charge in [-0.05, 0) is 19.8 Å². The van der Waals surface area contributed by atoms with Gasteiger partial charge in [0, 0.05) is 44.4 Å². The highest BCUT2D eigenvalue weighted by Crippen LogP contribution is 2.35. The van der Waals surface area contributed by atoms with Crippen LogP contribution < -0.4 is 0 Å². The number of aromatic nitrogens is 2. The van der Waals surface area contributed by atoms with Gasteiger partial charge in [-0.15, -0.1) is 0 Å². The zero-order chi connectivity index (χ0) is 17.3. The fraction of sp³-hybridized carbons (Fsp3) is 0.750. The van der Waals surface area contributed by atoms with Gasteiger partial charge < -0.3 is 9.64 Å². The Morgan fingerprint density at radius 2 is 2.17 bits per heavy atom. The van der Waals surface area contributed by atoms with Gasteiger partial charge >= 0.3 is 0 Å². The van der Waals surface area contributed by atoms with Gasteiger partial charge in [0.15, 0.2) is 0 Å². The van der Waals surface area contributed by atoms with E-state index in [0.29, 0.717) is 38.1 Å². The molecule has 0 bridgehead atoms. The van der Waals surface area contributed by atoms with Gasteiger partial charge in [-0.25, -0.2) is 8.78 Å². The second-order valence-corrected chi connectivity index (χ2v) is 6.77. The number of piperidine rings is 1. The molecule has 0 radical (unpaired) electrons. The van der Waals surface area contributed by atoms with Gasteiger partial charge in [-0.2, -0.15) is 5.10 Å². The van der Waals surface area contributed by atoms with E-state index in [-0.39, 0.29) is 31.0 Å². The summed E-state index contributed by atoms with van der Waals surface area (Å²) in [6.07, 6.45) is 2.81. The third kappa shape index (κ3) is 3.44. The van der Waals surface area contributed by atoms with Crippen molar-refractivity contribution in [2.45, 2.75) is 44.2 Å². The molecule has 2 aliphatic heterocycles. The molecule has 1 atom stereocenters. The lowest BCUT2D eigenvalue weighted by atomic mass is 10.0. The van der Waals surface area contributed by atoms with E-state index in [4.69, 9.17) is 4.74 Å². The van der Waals surface area contributed by atoms with Crippen molar-refractivity contribution in [3.8, 4) is 0 Å². The van der Waals surface area contributed by atoms with E-state index in [1.165, 1.54) is 0 Å². The van der Waals surface area contributed by atoms with E-state index in [2.05, 4.69) is 10.2 Å². The van der Waals surface area contributed by atoms with Crippen molar-refractivity contribution in [3.63, 3.8) is 0 Å². The van der Waals surface area contributed by atoms with Crippen LogP contribution in [0.3, 0.4) is 0 Å². The normalized spacial score (nSPS) is 25.3. The lowest BCUT2D eigenvalue weighted by Crippen LogP contribution is -2.49. The molecule has 1 aromatic heterocycles. The molecule has 6 nitrogen and oxygen atoms in total. The van der Waals surface area contributed by atoms with Crippen molar-refractivity contribution in [2.24, 2.45) is 0 Å². The lowest BCUT2D eigenvalue weighted by molar-refractivity contribution is 0.00285. The Labute approximate surface area is 140 Å². The first-order valence-electron chi connectivity index (χ1n) is 8.33. The van der Waals surface area contributed by atoms with Gasteiger partial charge in [0.1, 0.15) is 0 Å². The highest BCUT2D eigenvalue weighted by Gasteiger charge is 2.47. The molecule has 24 heavy (non-hydrogen) atoms. The molecule has 0 saturated carbocycles. The molecule has 0 spiro atoms. The Bertz CT molecular complexity index is 584. The number of methoxy groups -OCH3 is 1. The predicted molar refractivity (Wildman–Crippen MR) is 84.2 cm³/mol. The Kier molecular flexibility index (Phi) is 4.87. The third-order valence-corrected chi connectivity index (χ3v) is 5.06. The number of hydrogen-bond acceptors (Lipinski definition) is 4. The van der Waals surface area contributed by atoms with Crippen LogP contribution in [0, 0.1) is 6.92 Å². The number of halogens is 2. The minimum Gasteiger partial charge on any atom is -0.383 e. The largest absolute Gasteiger partial charge is 0.383 e. The van der Waals surface area contributed by atoms with Gasteiger partial charge in [0.2, 0.25) is 0 Å². The van der Waals surface area contributed by atoms with Crippen LogP contribution in [0.4, 0.5) is 8.78 Å². The maximum atomic E-state index is 13.8.